The van der Waals surface area contributed by atoms with Crippen molar-refractivity contribution in [2.75, 3.05) is 20.8 Å². The topological polar surface area (TPSA) is 85.9 Å². The molecule has 0 radical (unpaired) electrons. The van der Waals surface area contributed by atoms with Gasteiger partial charge in [-0.3, -0.25) is 0 Å². The van der Waals surface area contributed by atoms with Crippen LogP contribution in [0.3, 0.4) is 0 Å². The van der Waals surface area contributed by atoms with Crippen LogP contribution in [0.5, 0.6) is 11.5 Å². The average molecular weight is 475 g/mol. The zero-order chi connectivity index (χ0) is 21.7. The van der Waals surface area contributed by atoms with E-state index in [0.29, 0.717) is 39.2 Å². The predicted octanol–water partition coefficient (Wildman–Crippen LogP) is 3.88. The molecule has 158 valence electrons. The van der Waals surface area contributed by atoms with Crippen LogP contribution in [0, 0.1) is 0 Å². The average Bonchev–Trinajstić information content (AvgIpc) is 2.73. The third kappa shape index (κ3) is 4.59. The molecule has 2 aromatic carbocycles. The molecule has 0 fully saturated rings. The number of benzene rings is 2. The monoisotopic (exact) mass is 474 g/mol. The second kappa shape index (κ2) is 9.67. The van der Waals surface area contributed by atoms with E-state index in [9.17, 15) is 9.59 Å². The van der Waals surface area contributed by atoms with Gasteiger partial charge in [-0.15, -0.1) is 0 Å². The number of urea groups is 1. The molecule has 0 saturated carbocycles. The lowest BCUT2D eigenvalue weighted by Gasteiger charge is -2.30. The van der Waals surface area contributed by atoms with E-state index in [4.69, 9.17) is 14.2 Å². The van der Waals surface area contributed by atoms with E-state index >= 15 is 0 Å². The number of methoxy groups -OCH3 is 2. The first-order valence-corrected chi connectivity index (χ1v) is 10.1. The van der Waals surface area contributed by atoms with Gasteiger partial charge in [0, 0.05) is 17.7 Å². The minimum atomic E-state index is -0.776. The maximum Gasteiger partial charge on any atom is 0.338 e. The first-order valence-electron chi connectivity index (χ1n) is 9.36. The van der Waals surface area contributed by atoms with Gasteiger partial charge in [0.25, 0.3) is 0 Å². The van der Waals surface area contributed by atoms with Crippen LogP contribution in [0.25, 0.3) is 0 Å². The highest BCUT2D eigenvalue weighted by atomic mass is 79.9. The molecule has 2 amide bonds. The SMILES string of the molecule is COc1ccc(OC)c([C@@H]2NC(=O)NC(C)=C2C(=O)OCCc2ccccc2)c1Br. The third-order valence-electron chi connectivity index (χ3n) is 4.79. The van der Waals surface area contributed by atoms with Gasteiger partial charge in [0.15, 0.2) is 0 Å². The molecule has 0 aromatic heterocycles. The van der Waals surface area contributed by atoms with Crippen molar-refractivity contribution in [3.63, 3.8) is 0 Å². The summed E-state index contributed by atoms with van der Waals surface area (Å²) in [6, 6.07) is 12.0. The molecule has 3 rings (SSSR count). The van der Waals surface area contributed by atoms with Crippen molar-refractivity contribution in [2.45, 2.75) is 19.4 Å². The number of hydrogen-bond donors (Lipinski definition) is 2. The smallest absolute Gasteiger partial charge is 0.338 e. The van der Waals surface area contributed by atoms with Crippen LogP contribution >= 0.6 is 15.9 Å². The van der Waals surface area contributed by atoms with Crippen molar-refractivity contribution in [1.82, 2.24) is 10.6 Å². The molecule has 1 aliphatic heterocycles. The van der Waals surface area contributed by atoms with Crippen LogP contribution in [0.4, 0.5) is 4.79 Å². The fourth-order valence-corrected chi connectivity index (χ4v) is 4.04. The third-order valence-corrected chi connectivity index (χ3v) is 5.61. The Morgan fingerprint density at radius 3 is 2.40 bits per heavy atom. The van der Waals surface area contributed by atoms with Crippen LogP contribution in [-0.2, 0) is 16.0 Å². The maximum atomic E-state index is 13.0. The first-order chi connectivity index (χ1) is 14.5. The van der Waals surface area contributed by atoms with Crippen LogP contribution in [0.15, 0.2) is 58.2 Å². The fraction of sp³-hybridized carbons (Fsp3) is 0.273. The molecule has 2 N–H and O–H groups in total. The molecule has 0 unspecified atom stereocenters. The van der Waals surface area contributed by atoms with Crippen molar-refractivity contribution >= 4 is 27.9 Å². The van der Waals surface area contributed by atoms with Gasteiger partial charge in [-0.1, -0.05) is 30.3 Å². The minimum absolute atomic E-state index is 0.219. The van der Waals surface area contributed by atoms with Crippen molar-refractivity contribution in [2.24, 2.45) is 0 Å². The Bertz CT molecular complexity index is 975. The molecule has 0 spiro atoms. The predicted molar refractivity (Wildman–Crippen MR) is 115 cm³/mol. The summed E-state index contributed by atoms with van der Waals surface area (Å²) in [7, 11) is 3.06. The van der Waals surface area contributed by atoms with Gasteiger partial charge in [-0.25, -0.2) is 9.59 Å². The Balaban J connectivity index is 1.91. The molecule has 30 heavy (non-hydrogen) atoms. The van der Waals surface area contributed by atoms with Crippen LogP contribution in [0.1, 0.15) is 24.1 Å². The van der Waals surface area contributed by atoms with Gasteiger partial charge in [0.2, 0.25) is 0 Å². The summed E-state index contributed by atoms with van der Waals surface area (Å²) in [4.78, 5) is 25.2. The molecule has 0 aliphatic carbocycles. The number of rotatable bonds is 7. The number of nitrogens with one attached hydrogen (secondary N) is 2. The maximum absolute atomic E-state index is 13.0. The molecule has 0 saturated heterocycles. The van der Waals surface area contributed by atoms with Crippen LogP contribution in [-0.4, -0.2) is 32.8 Å². The normalized spacial score (nSPS) is 15.9. The van der Waals surface area contributed by atoms with Gasteiger partial charge in [0.05, 0.1) is 36.9 Å². The number of esters is 1. The molecular formula is C22H23BrN2O5. The number of carbonyl (C=O) groups is 2. The second-order valence-electron chi connectivity index (χ2n) is 6.64. The lowest BCUT2D eigenvalue weighted by molar-refractivity contribution is -0.139. The summed E-state index contributed by atoms with van der Waals surface area (Å²) in [5.41, 5.74) is 2.36. The Hall–Kier alpha value is -3.00. The first kappa shape index (κ1) is 21.7. The molecule has 1 aliphatic rings. The molecule has 8 heteroatoms. The quantitative estimate of drug-likeness (QED) is 0.594. The highest BCUT2D eigenvalue weighted by Crippen LogP contribution is 2.42. The molecule has 2 aromatic rings. The largest absolute Gasteiger partial charge is 0.496 e. The fourth-order valence-electron chi connectivity index (χ4n) is 3.32. The Labute approximate surface area is 183 Å². The van der Waals surface area contributed by atoms with Crippen molar-refractivity contribution in [3.8, 4) is 11.5 Å². The van der Waals surface area contributed by atoms with Crippen LogP contribution in [0.2, 0.25) is 0 Å². The number of hydrogen-bond acceptors (Lipinski definition) is 5. The Morgan fingerprint density at radius 2 is 1.73 bits per heavy atom. The van der Waals surface area contributed by atoms with E-state index in [2.05, 4.69) is 26.6 Å². The second-order valence-corrected chi connectivity index (χ2v) is 7.43. The van der Waals surface area contributed by atoms with E-state index in [0.717, 1.165) is 5.56 Å². The summed E-state index contributed by atoms with van der Waals surface area (Å²) in [5.74, 6) is 0.531. The molecular weight excluding hydrogens is 452 g/mol. The summed E-state index contributed by atoms with van der Waals surface area (Å²) in [6.07, 6.45) is 0.593. The zero-order valence-corrected chi connectivity index (χ0v) is 18.5. The number of ether oxygens (including phenoxy) is 3. The van der Waals surface area contributed by atoms with E-state index in [1.54, 1.807) is 19.1 Å². The van der Waals surface area contributed by atoms with Crippen molar-refractivity contribution in [3.05, 3.63) is 69.3 Å². The summed E-state index contributed by atoms with van der Waals surface area (Å²) in [6.45, 7) is 1.89. The number of allylic oxidation sites excluding steroid dienone is 1. The molecule has 0 bridgehead atoms. The number of amides is 2. The van der Waals surface area contributed by atoms with Gasteiger partial charge < -0.3 is 24.8 Å². The molecule has 1 atom stereocenters. The Kier molecular flexibility index (Phi) is 6.99. The number of halogens is 1. The number of carbonyl (C=O) groups excluding carboxylic acids is 2. The van der Waals surface area contributed by atoms with Gasteiger partial charge in [0.1, 0.15) is 11.5 Å². The molecule has 7 nitrogen and oxygen atoms in total. The van der Waals surface area contributed by atoms with E-state index < -0.39 is 18.0 Å². The van der Waals surface area contributed by atoms with Gasteiger partial charge >= 0.3 is 12.0 Å². The highest BCUT2D eigenvalue weighted by Gasteiger charge is 2.36. The van der Waals surface area contributed by atoms with Crippen molar-refractivity contribution < 1.29 is 23.8 Å². The Morgan fingerprint density at radius 1 is 1.07 bits per heavy atom. The van der Waals surface area contributed by atoms with Gasteiger partial charge in [-0.2, -0.15) is 0 Å². The van der Waals surface area contributed by atoms with E-state index in [1.165, 1.54) is 14.2 Å². The van der Waals surface area contributed by atoms with E-state index in [-0.39, 0.29) is 6.61 Å². The lowest BCUT2D eigenvalue weighted by Crippen LogP contribution is -2.45. The molecule has 1 heterocycles. The van der Waals surface area contributed by atoms with Crippen LogP contribution < -0.4 is 20.1 Å². The van der Waals surface area contributed by atoms with Crippen molar-refractivity contribution in [1.29, 1.82) is 0 Å². The lowest BCUT2D eigenvalue weighted by atomic mass is 9.94. The van der Waals surface area contributed by atoms with E-state index in [1.807, 2.05) is 30.3 Å². The summed E-state index contributed by atoms with van der Waals surface area (Å²) >= 11 is 3.52. The zero-order valence-electron chi connectivity index (χ0n) is 17.0. The minimum Gasteiger partial charge on any atom is -0.496 e. The van der Waals surface area contributed by atoms with Gasteiger partial charge in [-0.05, 0) is 40.5 Å². The standard InChI is InChI=1S/C22H23BrN2O5/c1-13-17(21(26)30-12-11-14-7-5-4-6-8-14)20(25-22(27)24-13)18-15(28-2)9-10-16(29-3)19(18)23/h4-10,20H,11-12H2,1-3H3,(H2,24,25,27)/t20-/m1/s1. The highest BCUT2D eigenvalue weighted by molar-refractivity contribution is 9.10. The summed E-state index contributed by atoms with van der Waals surface area (Å²) in [5, 5.41) is 5.44. The summed E-state index contributed by atoms with van der Waals surface area (Å²) < 4.78 is 17.0.